The number of aliphatic hydroxyl groups excluding tert-OH is 5. The van der Waals surface area contributed by atoms with Crippen molar-refractivity contribution in [2.24, 2.45) is 0 Å². The summed E-state index contributed by atoms with van der Waals surface area (Å²) in [6.07, 6.45) is -11.7. The van der Waals surface area contributed by atoms with Crippen LogP contribution in [0.15, 0.2) is 0 Å². The lowest BCUT2D eigenvalue weighted by atomic mass is 10.3. The van der Waals surface area contributed by atoms with Gasteiger partial charge in [0.25, 0.3) is 0 Å². The van der Waals surface area contributed by atoms with Crippen molar-refractivity contribution < 1.29 is 110 Å². The molecule has 0 radical (unpaired) electrons. The van der Waals surface area contributed by atoms with Crippen LogP contribution in [-0.4, -0.2) is 154 Å². The van der Waals surface area contributed by atoms with Gasteiger partial charge in [0.05, 0.1) is 25.9 Å². The number of ether oxygens (including phenoxy) is 6. The third-order valence-corrected chi connectivity index (χ3v) is 7.60. The van der Waals surface area contributed by atoms with Gasteiger partial charge in [-0.05, 0) is 98.6 Å². The van der Waals surface area contributed by atoms with Crippen LogP contribution in [0.4, 0.5) is 0 Å². The first-order chi connectivity index (χ1) is 26.4. The van der Waals surface area contributed by atoms with Gasteiger partial charge >= 0.3 is 49.7 Å². The molecule has 0 amide bonds. The number of esters is 6. The molecule has 0 bridgehead atoms. The highest BCUT2D eigenvalue weighted by Gasteiger charge is 2.32. The molecule has 0 aromatic carbocycles. The summed E-state index contributed by atoms with van der Waals surface area (Å²) in [6, 6.07) is 0. The number of carbonyl (C=O) groups is 6. The molecule has 0 aromatic heterocycles. The lowest BCUT2D eigenvalue weighted by Crippen LogP contribution is -2.40. The largest absolute Gasteiger partial charge is 0.472 e. The first-order valence-electron chi connectivity index (χ1n) is 17.1. The molecule has 1 saturated heterocycles. The average Bonchev–Trinajstić information content (AvgIpc) is 3.08. The van der Waals surface area contributed by atoms with E-state index in [-0.39, 0.29) is 40.5 Å². The quantitative estimate of drug-likeness (QED) is 0.0690. The highest BCUT2D eigenvalue weighted by molar-refractivity contribution is 8.05. The highest BCUT2D eigenvalue weighted by Crippen LogP contribution is 2.57. The summed E-state index contributed by atoms with van der Waals surface area (Å²) in [6.45, 7) is 15.3. The normalized spacial score (nSPS) is 18.9. The Labute approximate surface area is 353 Å². The van der Waals surface area contributed by atoms with Crippen LogP contribution in [-0.2, 0) is 79.9 Å². The number of phosphoric ester groups is 1. The fraction of sp³-hybridized carbons (Fsp3) is 0.812. The number of phosphoric acid groups is 1. The molecule has 10 atom stereocenters. The minimum absolute atomic E-state index is 0. The van der Waals surface area contributed by atoms with Gasteiger partial charge in [0.2, 0.25) is 0 Å². The van der Waals surface area contributed by atoms with Crippen LogP contribution in [0.25, 0.3) is 0 Å². The lowest BCUT2D eigenvalue weighted by molar-refractivity contribution is -0.191. The predicted molar refractivity (Wildman–Crippen MR) is 208 cm³/mol. The Morgan fingerprint density at radius 3 is 1.25 bits per heavy atom. The van der Waals surface area contributed by atoms with Gasteiger partial charge in [-0.25, -0.2) is 33.3 Å². The predicted octanol–water partition coefficient (Wildman–Crippen LogP) is 2.07. The summed E-state index contributed by atoms with van der Waals surface area (Å²) in [5, 5.41) is 42.5. The molecule has 6 N–H and O–H groups in total. The highest BCUT2D eigenvalue weighted by atomic mass is 35.9. The van der Waals surface area contributed by atoms with Gasteiger partial charge in [-0.1, -0.05) is 7.43 Å². The standard InChI is InChI=1S/C11H21O9P.C9H16O6.C6H8O4.C3H8O2.C2H5Cl2O2P.CH4/c1-5-18-21(15,16)20-9(4)11(14)17-6-7(2)19-10(13)8(3)12;1-5(15-9(13)7(3)11)4-14-8(12)6(2)10;1-3-5(7)10-4(2)6(8)9-3;1-3(5)2-4;1-2-6-7(3,4)5;/h7-9,12H,5-6H2,1-4H3,(H,15,16);5-7,10-11H,4H2,1-3H3;3-4H,1-2H3;3-5H,2H2,1H3;2H2,1H3;1H4/t7?,8-,9-;5?,6-,7-;3-,4+;;;/m11..../s1. The molecule has 0 spiro atoms. The monoisotopic (exact) mass is 946 g/mol. The van der Waals surface area contributed by atoms with Gasteiger partial charge in [-0.15, -0.1) is 0 Å². The van der Waals surface area contributed by atoms with Gasteiger partial charge in [0.1, 0.15) is 43.7 Å². The summed E-state index contributed by atoms with van der Waals surface area (Å²) in [5.41, 5.74) is 0. The van der Waals surface area contributed by atoms with Crippen LogP contribution in [0.1, 0.15) is 83.6 Å². The summed E-state index contributed by atoms with van der Waals surface area (Å²) < 4.78 is 62.7. The molecule has 1 aliphatic rings. The van der Waals surface area contributed by atoms with Crippen molar-refractivity contribution in [1.29, 1.82) is 0 Å². The molecule has 1 rings (SSSR count). The molecule has 1 heterocycles. The minimum atomic E-state index is -4.30. The van der Waals surface area contributed by atoms with Crippen molar-refractivity contribution >= 4 is 72.2 Å². The van der Waals surface area contributed by atoms with Gasteiger partial charge in [0.15, 0.2) is 18.3 Å². The number of rotatable bonds is 17. The average molecular weight is 948 g/mol. The lowest BCUT2D eigenvalue weighted by Gasteiger charge is -2.22. The van der Waals surface area contributed by atoms with Gasteiger partial charge < -0.3 is 63.4 Å². The molecule has 0 saturated carbocycles. The molecule has 23 nitrogen and oxygen atoms in total. The zero-order valence-electron chi connectivity index (χ0n) is 34.0. The third-order valence-electron chi connectivity index (χ3n) is 5.29. The van der Waals surface area contributed by atoms with E-state index in [9.17, 15) is 42.8 Å². The van der Waals surface area contributed by atoms with Gasteiger partial charge in [-0.2, -0.15) is 0 Å². The third kappa shape index (κ3) is 40.7. The fourth-order valence-electron chi connectivity index (χ4n) is 2.52. The van der Waals surface area contributed by atoms with Crippen LogP contribution in [0, 0.1) is 0 Å². The van der Waals surface area contributed by atoms with Crippen LogP contribution in [0.5, 0.6) is 0 Å². The maximum absolute atomic E-state index is 11.5. The zero-order valence-corrected chi connectivity index (χ0v) is 37.3. The van der Waals surface area contributed by atoms with E-state index in [1.54, 1.807) is 6.92 Å². The second-order valence-corrected chi connectivity index (χ2v) is 17.1. The van der Waals surface area contributed by atoms with Crippen LogP contribution in [0.2, 0.25) is 0 Å². The topological polar surface area (TPSA) is 341 Å². The minimum Gasteiger partial charge on any atom is -0.460 e. The van der Waals surface area contributed by atoms with Crippen LogP contribution >= 0.6 is 36.4 Å². The molecule has 4 unspecified atom stereocenters. The Hall–Kier alpha value is -2.50. The molecular formula is C32H62Cl2O23P2. The van der Waals surface area contributed by atoms with Crippen LogP contribution < -0.4 is 0 Å². The Kier molecular flexibility index (Phi) is 39.1. The Balaban J connectivity index is -0.000000223. The van der Waals surface area contributed by atoms with Crippen molar-refractivity contribution in [3.05, 3.63) is 0 Å². The van der Waals surface area contributed by atoms with Crippen molar-refractivity contribution in [2.75, 3.05) is 33.0 Å². The molecule has 1 fully saturated rings. The SMILES string of the molecule is C.CC(COC(=O)[C@@H](C)O)OC(=O)[C@@H](C)O.CC(O)CO.CCOP(=O)(Cl)Cl.CCOP(=O)(O)O[C@H](C)C(=O)OCC(C)OC(=O)[C@@H](C)O.C[C@@H]1OC(=O)[C@@H](C)OC1=O. The maximum Gasteiger partial charge on any atom is 0.472 e. The summed E-state index contributed by atoms with van der Waals surface area (Å²) in [7, 11) is -4.30. The summed E-state index contributed by atoms with van der Waals surface area (Å²) in [4.78, 5) is 74.8. The Morgan fingerprint density at radius 1 is 0.678 bits per heavy atom. The van der Waals surface area contributed by atoms with Gasteiger partial charge in [-0.3, -0.25) is 13.6 Å². The number of cyclic esters (lactones) is 2. The Bertz CT molecular complexity index is 1290. The van der Waals surface area contributed by atoms with E-state index in [1.165, 1.54) is 69.2 Å². The molecule has 0 aliphatic carbocycles. The number of carbonyl (C=O) groups excluding carboxylic acids is 6. The van der Waals surface area contributed by atoms with Crippen molar-refractivity contribution in [3.8, 4) is 0 Å². The second-order valence-electron chi connectivity index (χ2n) is 11.4. The van der Waals surface area contributed by atoms with Crippen molar-refractivity contribution in [1.82, 2.24) is 0 Å². The summed E-state index contributed by atoms with van der Waals surface area (Å²) in [5.74, 6) is -4.28. The fourth-order valence-corrected chi connectivity index (χ4v) is 4.28. The molecule has 27 heteroatoms. The molecule has 59 heavy (non-hydrogen) atoms. The van der Waals surface area contributed by atoms with E-state index >= 15 is 0 Å². The van der Waals surface area contributed by atoms with E-state index in [4.69, 9.17) is 62.2 Å². The molecule has 0 aromatic rings. The van der Waals surface area contributed by atoms with Crippen LogP contribution in [0.3, 0.4) is 0 Å². The molecule has 352 valence electrons. The zero-order chi connectivity index (χ0) is 46.6. The van der Waals surface area contributed by atoms with E-state index in [0.717, 1.165) is 0 Å². The molecular weight excluding hydrogens is 885 g/mol. The Morgan fingerprint density at radius 2 is 1.00 bits per heavy atom. The van der Waals surface area contributed by atoms with E-state index in [0.29, 0.717) is 0 Å². The van der Waals surface area contributed by atoms with Crippen molar-refractivity contribution in [2.45, 2.75) is 139 Å². The second kappa shape index (κ2) is 35.1. The smallest absolute Gasteiger partial charge is 0.460 e. The molecule has 1 aliphatic heterocycles. The first kappa shape index (κ1) is 65.6. The summed E-state index contributed by atoms with van der Waals surface area (Å²) >= 11 is 9.86. The van der Waals surface area contributed by atoms with E-state index < -0.39 is 105 Å². The number of hydrogen-bond donors (Lipinski definition) is 6. The maximum atomic E-state index is 11.5. The number of hydrogen-bond acceptors (Lipinski definition) is 22. The van der Waals surface area contributed by atoms with Crippen molar-refractivity contribution in [3.63, 3.8) is 0 Å². The number of aliphatic hydroxyl groups is 5. The van der Waals surface area contributed by atoms with E-state index in [2.05, 4.69) is 27.8 Å². The van der Waals surface area contributed by atoms with Gasteiger partial charge in [0, 0.05) is 0 Å². The first-order valence-corrected chi connectivity index (χ1v) is 22.1. The van der Waals surface area contributed by atoms with E-state index in [1.807, 2.05) is 0 Å². The number of halogens is 2.